The van der Waals surface area contributed by atoms with E-state index in [1.54, 1.807) is 18.2 Å². The lowest BCUT2D eigenvalue weighted by Crippen LogP contribution is -1.98. The summed E-state index contributed by atoms with van der Waals surface area (Å²) in [6.45, 7) is 0. The van der Waals surface area contributed by atoms with Crippen molar-refractivity contribution in [2.24, 2.45) is 0 Å². The van der Waals surface area contributed by atoms with Gasteiger partial charge in [0.15, 0.2) is 0 Å². The van der Waals surface area contributed by atoms with Crippen molar-refractivity contribution in [2.45, 2.75) is 10.7 Å². The molecular formula is C15H11F3O2S2. The van der Waals surface area contributed by atoms with Crippen LogP contribution >= 0.6 is 11.8 Å². The molecule has 0 aromatic heterocycles. The summed E-state index contributed by atoms with van der Waals surface area (Å²) >= 11 is 0.106. The number of alkyl halides is 2. The molecule has 2 nitrogen and oxygen atoms in total. The molecule has 22 heavy (non-hydrogen) atoms. The third-order valence-corrected chi connectivity index (χ3v) is 5.09. The molecule has 0 fully saturated rings. The van der Waals surface area contributed by atoms with E-state index in [1.165, 1.54) is 24.3 Å². The normalized spacial score (nSPS) is 12.6. The molecule has 0 aliphatic rings. The molecule has 2 aromatic rings. The molecule has 0 aliphatic carbocycles. The summed E-state index contributed by atoms with van der Waals surface area (Å²) in [5, 5.41) is 0.784. The number of hydrogen-bond donors (Lipinski definition) is 0. The molecule has 0 saturated carbocycles. The van der Waals surface area contributed by atoms with Crippen LogP contribution < -0.4 is 0 Å². The van der Waals surface area contributed by atoms with Crippen LogP contribution in [0.25, 0.3) is 4.91 Å². The minimum absolute atomic E-state index is 0.00415. The van der Waals surface area contributed by atoms with Crippen molar-refractivity contribution in [2.75, 3.05) is 0 Å². The van der Waals surface area contributed by atoms with E-state index >= 15 is 0 Å². The Morgan fingerprint density at radius 1 is 1.00 bits per heavy atom. The van der Waals surface area contributed by atoms with Crippen molar-refractivity contribution < 1.29 is 21.6 Å². The van der Waals surface area contributed by atoms with Crippen LogP contribution in [0.4, 0.5) is 13.2 Å². The highest BCUT2D eigenvalue weighted by Crippen LogP contribution is 2.34. The Labute approximate surface area is 130 Å². The Morgan fingerprint density at radius 2 is 1.59 bits per heavy atom. The van der Waals surface area contributed by atoms with Crippen LogP contribution in [0.1, 0.15) is 5.56 Å². The fraction of sp³-hybridized carbons (Fsp3) is 0.0667. The van der Waals surface area contributed by atoms with Crippen LogP contribution in [-0.2, 0) is 9.84 Å². The first-order valence-electron chi connectivity index (χ1n) is 6.11. The van der Waals surface area contributed by atoms with Gasteiger partial charge in [-0.15, -0.1) is 0 Å². The second kappa shape index (κ2) is 7.02. The SMILES string of the molecule is O=S(=O)(/C=C(/SC(F)F)c1ccc(F)cc1)c1ccccc1. The van der Waals surface area contributed by atoms with Crippen LogP contribution in [0.15, 0.2) is 64.9 Å². The van der Waals surface area contributed by atoms with Gasteiger partial charge in [0.25, 0.3) is 5.76 Å². The number of hydrogen-bond acceptors (Lipinski definition) is 3. The van der Waals surface area contributed by atoms with E-state index in [-0.39, 0.29) is 27.1 Å². The summed E-state index contributed by atoms with van der Waals surface area (Å²) in [4.78, 5) is -0.136. The number of thioether (sulfide) groups is 1. The smallest absolute Gasteiger partial charge is 0.219 e. The predicted octanol–water partition coefficient (Wildman–Crippen LogP) is 4.55. The van der Waals surface area contributed by atoms with Gasteiger partial charge in [0.1, 0.15) is 5.82 Å². The lowest BCUT2D eigenvalue weighted by Gasteiger charge is -2.08. The standard InChI is InChI=1S/C15H11F3O2S2/c16-12-8-6-11(7-9-12)14(21-15(17)18)10-22(19,20)13-4-2-1-3-5-13/h1-10,15H/b14-10+. The van der Waals surface area contributed by atoms with E-state index in [2.05, 4.69) is 0 Å². The fourth-order valence-electron chi connectivity index (χ4n) is 1.69. The molecule has 0 amide bonds. The molecule has 0 N–H and O–H groups in total. The Hall–Kier alpha value is -1.73. The lowest BCUT2D eigenvalue weighted by molar-refractivity contribution is 0.253. The Balaban J connectivity index is 2.47. The van der Waals surface area contributed by atoms with Gasteiger partial charge in [0.2, 0.25) is 9.84 Å². The fourth-order valence-corrected chi connectivity index (χ4v) is 3.85. The highest BCUT2D eigenvalue weighted by molar-refractivity contribution is 8.09. The van der Waals surface area contributed by atoms with Crippen molar-refractivity contribution >= 4 is 26.5 Å². The maximum Gasteiger partial charge on any atom is 0.288 e. The van der Waals surface area contributed by atoms with E-state index in [1.807, 2.05) is 0 Å². The Morgan fingerprint density at radius 3 is 2.14 bits per heavy atom. The number of rotatable bonds is 5. The topological polar surface area (TPSA) is 34.1 Å². The minimum Gasteiger partial charge on any atom is -0.219 e. The van der Waals surface area contributed by atoms with E-state index in [4.69, 9.17) is 0 Å². The zero-order chi connectivity index (χ0) is 16.2. The highest BCUT2D eigenvalue weighted by Gasteiger charge is 2.17. The molecule has 116 valence electrons. The molecule has 0 saturated heterocycles. The molecule has 0 aliphatic heterocycles. The predicted molar refractivity (Wildman–Crippen MR) is 81.6 cm³/mol. The quantitative estimate of drug-likeness (QED) is 0.798. The van der Waals surface area contributed by atoms with Crippen molar-refractivity contribution in [1.29, 1.82) is 0 Å². The van der Waals surface area contributed by atoms with Gasteiger partial charge >= 0.3 is 0 Å². The maximum atomic E-state index is 12.9. The molecule has 2 rings (SSSR count). The van der Waals surface area contributed by atoms with Crippen molar-refractivity contribution in [1.82, 2.24) is 0 Å². The average Bonchev–Trinajstić information content (AvgIpc) is 2.47. The largest absolute Gasteiger partial charge is 0.288 e. The van der Waals surface area contributed by atoms with Gasteiger partial charge in [-0.05, 0) is 29.8 Å². The molecule has 2 aromatic carbocycles. The molecule has 0 bridgehead atoms. The monoisotopic (exact) mass is 344 g/mol. The molecule has 0 unspecified atom stereocenters. The van der Waals surface area contributed by atoms with E-state index < -0.39 is 21.4 Å². The summed E-state index contributed by atoms with van der Waals surface area (Å²) in [6.07, 6.45) is 0. The number of benzene rings is 2. The molecule has 0 spiro atoms. The summed E-state index contributed by atoms with van der Waals surface area (Å²) < 4.78 is 62.8. The summed E-state index contributed by atoms with van der Waals surface area (Å²) in [5.41, 5.74) is 0.214. The molecule has 0 atom stereocenters. The Kier molecular flexibility index (Phi) is 5.31. The van der Waals surface area contributed by atoms with Crippen LogP contribution in [0, 0.1) is 5.82 Å². The summed E-state index contributed by atoms with van der Waals surface area (Å²) in [5.74, 6) is -3.32. The van der Waals surface area contributed by atoms with Crippen LogP contribution in [0.3, 0.4) is 0 Å². The number of sulfone groups is 1. The minimum atomic E-state index is -3.87. The van der Waals surface area contributed by atoms with E-state index in [0.717, 1.165) is 17.5 Å². The van der Waals surface area contributed by atoms with Crippen molar-refractivity contribution in [3.05, 3.63) is 71.4 Å². The van der Waals surface area contributed by atoms with Gasteiger partial charge in [0.05, 0.1) is 4.90 Å². The van der Waals surface area contributed by atoms with Crippen LogP contribution in [-0.4, -0.2) is 14.2 Å². The summed E-state index contributed by atoms with van der Waals surface area (Å²) in [6, 6.07) is 12.2. The van der Waals surface area contributed by atoms with Crippen LogP contribution in [0.2, 0.25) is 0 Å². The third-order valence-electron chi connectivity index (χ3n) is 2.68. The summed E-state index contributed by atoms with van der Waals surface area (Å²) in [7, 11) is -3.87. The van der Waals surface area contributed by atoms with Gasteiger partial charge in [-0.2, -0.15) is 8.78 Å². The zero-order valence-electron chi connectivity index (χ0n) is 11.1. The maximum absolute atomic E-state index is 12.9. The average molecular weight is 344 g/mol. The van der Waals surface area contributed by atoms with Gasteiger partial charge in [-0.1, -0.05) is 42.1 Å². The second-order valence-corrected chi connectivity index (χ2v) is 7.05. The first-order valence-corrected chi connectivity index (χ1v) is 8.54. The van der Waals surface area contributed by atoms with E-state index in [9.17, 15) is 21.6 Å². The van der Waals surface area contributed by atoms with Gasteiger partial charge < -0.3 is 0 Å². The van der Waals surface area contributed by atoms with Crippen molar-refractivity contribution in [3.8, 4) is 0 Å². The van der Waals surface area contributed by atoms with Gasteiger partial charge in [0, 0.05) is 10.3 Å². The molecule has 0 radical (unpaired) electrons. The Bertz CT molecular complexity index is 755. The first-order chi connectivity index (χ1) is 10.4. The van der Waals surface area contributed by atoms with Gasteiger partial charge in [-0.3, -0.25) is 0 Å². The zero-order valence-corrected chi connectivity index (χ0v) is 12.8. The second-order valence-electron chi connectivity index (χ2n) is 4.23. The van der Waals surface area contributed by atoms with Gasteiger partial charge in [-0.25, -0.2) is 12.8 Å². The lowest BCUT2D eigenvalue weighted by atomic mass is 10.2. The first kappa shape index (κ1) is 16.6. The number of halogens is 3. The third kappa shape index (κ3) is 4.38. The highest BCUT2D eigenvalue weighted by atomic mass is 32.2. The molecular weight excluding hydrogens is 333 g/mol. The van der Waals surface area contributed by atoms with Crippen molar-refractivity contribution in [3.63, 3.8) is 0 Å². The van der Waals surface area contributed by atoms with E-state index in [0.29, 0.717) is 0 Å². The molecule has 7 heteroatoms. The van der Waals surface area contributed by atoms with Crippen LogP contribution in [0.5, 0.6) is 0 Å². The molecule has 0 heterocycles.